The van der Waals surface area contributed by atoms with E-state index in [-0.39, 0.29) is 30.2 Å². The molecule has 1 heterocycles. The Hall–Kier alpha value is -1.10. The highest BCUT2D eigenvalue weighted by Crippen LogP contribution is 2.28. The number of primary amides is 1. The van der Waals surface area contributed by atoms with Gasteiger partial charge in [0.05, 0.1) is 5.92 Å². The molecule has 0 spiro atoms. The van der Waals surface area contributed by atoms with Crippen LogP contribution in [0.2, 0.25) is 0 Å². The quantitative estimate of drug-likeness (QED) is 0.679. The van der Waals surface area contributed by atoms with E-state index in [1.807, 2.05) is 0 Å². The van der Waals surface area contributed by atoms with Crippen LogP contribution < -0.4 is 16.4 Å². The molecule has 1 saturated heterocycles. The van der Waals surface area contributed by atoms with Gasteiger partial charge in [-0.1, -0.05) is 19.3 Å². The second-order valence-corrected chi connectivity index (χ2v) is 5.87. The van der Waals surface area contributed by atoms with Gasteiger partial charge in [0.1, 0.15) is 0 Å². The molecule has 5 heteroatoms. The van der Waals surface area contributed by atoms with Gasteiger partial charge in [0.25, 0.3) is 0 Å². The normalized spacial score (nSPS) is 26.0. The van der Waals surface area contributed by atoms with Crippen LogP contribution in [0.4, 0.5) is 0 Å². The second kappa shape index (κ2) is 6.89. The minimum atomic E-state index is -0.319. The highest BCUT2D eigenvalue weighted by atomic mass is 16.2. The molecule has 2 atom stereocenters. The van der Waals surface area contributed by atoms with E-state index in [0.717, 1.165) is 32.4 Å². The summed E-state index contributed by atoms with van der Waals surface area (Å²) in [6.45, 7) is 1.65. The van der Waals surface area contributed by atoms with E-state index in [0.29, 0.717) is 5.92 Å². The Balaban J connectivity index is 1.91. The lowest BCUT2D eigenvalue weighted by Gasteiger charge is -2.31. The van der Waals surface area contributed by atoms with E-state index in [4.69, 9.17) is 5.73 Å². The Kier molecular flexibility index (Phi) is 5.19. The van der Waals surface area contributed by atoms with Crippen molar-refractivity contribution < 1.29 is 9.59 Å². The van der Waals surface area contributed by atoms with Crippen molar-refractivity contribution in [2.45, 2.75) is 51.0 Å². The van der Waals surface area contributed by atoms with Crippen molar-refractivity contribution in [1.82, 2.24) is 10.6 Å². The van der Waals surface area contributed by atoms with E-state index in [2.05, 4.69) is 10.6 Å². The first kappa shape index (κ1) is 14.3. The van der Waals surface area contributed by atoms with E-state index in [1.54, 1.807) is 0 Å². The molecule has 2 amide bonds. The lowest BCUT2D eigenvalue weighted by Crippen LogP contribution is -2.46. The third-order valence-corrected chi connectivity index (χ3v) is 4.40. The molecular formula is C14H25N3O2. The van der Waals surface area contributed by atoms with Crippen molar-refractivity contribution in [3.63, 3.8) is 0 Å². The van der Waals surface area contributed by atoms with Gasteiger partial charge in [-0.15, -0.1) is 0 Å². The first-order chi connectivity index (χ1) is 9.16. The van der Waals surface area contributed by atoms with Crippen molar-refractivity contribution in [3.05, 3.63) is 0 Å². The molecule has 19 heavy (non-hydrogen) atoms. The summed E-state index contributed by atoms with van der Waals surface area (Å²) >= 11 is 0. The van der Waals surface area contributed by atoms with Crippen molar-refractivity contribution in [2.75, 3.05) is 13.1 Å². The number of nitrogens with two attached hydrogens (primary N) is 1. The van der Waals surface area contributed by atoms with Crippen molar-refractivity contribution in [1.29, 1.82) is 0 Å². The van der Waals surface area contributed by atoms with Gasteiger partial charge in [0.2, 0.25) is 11.8 Å². The summed E-state index contributed by atoms with van der Waals surface area (Å²) in [6.07, 6.45) is 7.01. The average molecular weight is 267 g/mol. The summed E-state index contributed by atoms with van der Waals surface area (Å²) in [5.41, 5.74) is 5.33. The molecule has 0 aromatic carbocycles. The summed E-state index contributed by atoms with van der Waals surface area (Å²) in [6, 6.07) is -0.0640. The number of rotatable bonds is 5. The highest BCUT2D eigenvalue weighted by Gasteiger charge is 2.30. The van der Waals surface area contributed by atoms with E-state index >= 15 is 0 Å². The topological polar surface area (TPSA) is 84.2 Å². The van der Waals surface area contributed by atoms with Gasteiger partial charge in [-0.25, -0.2) is 0 Å². The summed E-state index contributed by atoms with van der Waals surface area (Å²) < 4.78 is 0. The molecule has 0 radical (unpaired) electrons. The Bertz CT molecular complexity index is 321. The molecule has 0 aromatic heterocycles. The van der Waals surface area contributed by atoms with E-state index < -0.39 is 0 Å². The van der Waals surface area contributed by atoms with Crippen LogP contribution >= 0.6 is 0 Å². The molecule has 5 nitrogen and oxygen atoms in total. The number of amides is 2. The van der Waals surface area contributed by atoms with Gasteiger partial charge in [-0.2, -0.15) is 0 Å². The lowest BCUT2D eigenvalue weighted by atomic mass is 9.82. The number of hydrogen-bond acceptors (Lipinski definition) is 3. The van der Waals surface area contributed by atoms with Crippen LogP contribution in [0.3, 0.4) is 0 Å². The summed E-state index contributed by atoms with van der Waals surface area (Å²) in [7, 11) is 0. The molecule has 2 aliphatic rings. The van der Waals surface area contributed by atoms with Crippen LogP contribution in [0, 0.1) is 11.8 Å². The smallest absolute Gasteiger partial charge is 0.224 e. The van der Waals surface area contributed by atoms with E-state index in [1.165, 1.54) is 19.3 Å². The zero-order chi connectivity index (χ0) is 13.7. The minimum absolute atomic E-state index is 0.0546. The zero-order valence-electron chi connectivity index (χ0n) is 11.5. The highest BCUT2D eigenvalue weighted by molar-refractivity contribution is 5.81. The molecule has 1 saturated carbocycles. The van der Waals surface area contributed by atoms with Gasteiger partial charge in [0, 0.05) is 19.0 Å². The zero-order valence-corrected chi connectivity index (χ0v) is 11.5. The number of hydrogen-bond donors (Lipinski definition) is 3. The molecule has 0 bridgehead atoms. The summed E-state index contributed by atoms with van der Waals surface area (Å²) in [5.74, 6) is 0.237. The number of carbonyl (C=O) groups excluding carboxylic acids is 2. The first-order valence-electron chi connectivity index (χ1n) is 7.46. The Morgan fingerprint density at radius 1 is 1.21 bits per heavy atom. The number of nitrogens with one attached hydrogen (secondary N) is 2. The standard InChI is InChI=1S/C14H25N3O2/c15-13(18)8-12(10-4-2-1-3-5-10)17-14(19)11-6-7-16-9-11/h10-12,16H,1-9H2,(H2,15,18)(H,17,19). The molecule has 2 fully saturated rings. The fourth-order valence-corrected chi connectivity index (χ4v) is 3.27. The van der Waals surface area contributed by atoms with Crippen LogP contribution in [0.1, 0.15) is 44.9 Å². The van der Waals surface area contributed by atoms with Gasteiger partial charge >= 0.3 is 0 Å². The Morgan fingerprint density at radius 2 is 1.95 bits per heavy atom. The average Bonchev–Trinajstić information content (AvgIpc) is 2.92. The predicted octanol–water partition coefficient (Wildman–Crippen LogP) is 0.536. The van der Waals surface area contributed by atoms with Gasteiger partial charge in [0.15, 0.2) is 0 Å². The number of carbonyl (C=O) groups is 2. The molecule has 2 rings (SSSR count). The van der Waals surface area contributed by atoms with Crippen molar-refractivity contribution in [3.8, 4) is 0 Å². The Labute approximate surface area is 114 Å². The third-order valence-electron chi connectivity index (χ3n) is 4.40. The monoisotopic (exact) mass is 267 g/mol. The predicted molar refractivity (Wildman–Crippen MR) is 73.3 cm³/mol. The maximum absolute atomic E-state index is 12.2. The van der Waals surface area contributed by atoms with Gasteiger partial charge < -0.3 is 16.4 Å². The third kappa shape index (κ3) is 4.20. The van der Waals surface area contributed by atoms with Gasteiger partial charge in [-0.3, -0.25) is 9.59 Å². The van der Waals surface area contributed by atoms with Crippen LogP contribution in [0.5, 0.6) is 0 Å². The molecular weight excluding hydrogens is 242 g/mol. The largest absolute Gasteiger partial charge is 0.370 e. The molecule has 1 aliphatic heterocycles. The van der Waals surface area contributed by atoms with E-state index in [9.17, 15) is 9.59 Å². The maximum Gasteiger partial charge on any atom is 0.224 e. The second-order valence-electron chi connectivity index (χ2n) is 5.87. The van der Waals surface area contributed by atoms with Crippen LogP contribution in [-0.4, -0.2) is 30.9 Å². The van der Waals surface area contributed by atoms with Crippen LogP contribution in [0.15, 0.2) is 0 Å². The minimum Gasteiger partial charge on any atom is -0.370 e. The molecule has 0 aromatic rings. The Morgan fingerprint density at radius 3 is 2.53 bits per heavy atom. The summed E-state index contributed by atoms with van der Waals surface area (Å²) in [4.78, 5) is 23.4. The van der Waals surface area contributed by atoms with Crippen molar-refractivity contribution in [2.24, 2.45) is 17.6 Å². The molecule has 1 aliphatic carbocycles. The maximum atomic E-state index is 12.2. The summed E-state index contributed by atoms with van der Waals surface area (Å²) in [5, 5.41) is 6.27. The molecule has 4 N–H and O–H groups in total. The van der Waals surface area contributed by atoms with Gasteiger partial charge in [-0.05, 0) is 31.7 Å². The molecule has 2 unspecified atom stereocenters. The van der Waals surface area contributed by atoms with Crippen molar-refractivity contribution >= 4 is 11.8 Å². The van der Waals surface area contributed by atoms with Crippen LogP contribution in [0.25, 0.3) is 0 Å². The molecule has 108 valence electrons. The SMILES string of the molecule is NC(=O)CC(NC(=O)C1CCNC1)C1CCCCC1. The van der Waals surface area contributed by atoms with Crippen LogP contribution in [-0.2, 0) is 9.59 Å². The fraction of sp³-hybridized carbons (Fsp3) is 0.857. The first-order valence-corrected chi connectivity index (χ1v) is 7.46. The lowest BCUT2D eigenvalue weighted by molar-refractivity contribution is -0.126. The fourth-order valence-electron chi connectivity index (χ4n) is 3.27.